The summed E-state index contributed by atoms with van der Waals surface area (Å²) in [6, 6.07) is 8.93. The molecule has 0 radical (unpaired) electrons. The van der Waals surface area contributed by atoms with Gasteiger partial charge in [-0.15, -0.1) is 0 Å². The van der Waals surface area contributed by atoms with Crippen LogP contribution in [0.25, 0.3) is 0 Å². The predicted octanol–water partition coefficient (Wildman–Crippen LogP) is 3.13. The van der Waals surface area contributed by atoms with Gasteiger partial charge >= 0.3 is 0 Å². The molecule has 1 aromatic rings. The van der Waals surface area contributed by atoms with E-state index in [4.69, 9.17) is 5.73 Å². The molecule has 82 valence electrons. The van der Waals surface area contributed by atoms with E-state index >= 15 is 0 Å². The Morgan fingerprint density at radius 3 is 2.67 bits per heavy atom. The first-order valence-electron chi connectivity index (χ1n) is 5.54. The average Bonchev–Trinajstić information content (AvgIpc) is 2.24. The Bertz CT molecular complexity index is 327. The highest BCUT2D eigenvalue weighted by Gasteiger charge is 2.21. The number of hydrogen-bond donors (Lipinski definition) is 2. The molecule has 0 heterocycles. The lowest BCUT2D eigenvalue weighted by molar-refractivity contribution is 0.404. The summed E-state index contributed by atoms with van der Waals surface area (Å²) in [5, 5.41) is 3.53. The van der Waals surface area contributed by atoms with Gasteiger partial charge in [-0.2, -0.15) is 0 Å². The Labute approximate surface area is 99.4 Å². The summed E-state index contributed by atoms with van der Waals surface area (Å²) < 4.78 is 1.11. The third-order valence-corrected chi connectivity index (χ3v) is 3.73. The first-order valence-corrected chi connectivity index (χ1v) is 6.33. The van der Waals surface area contributed by atoms with E-state index in [-0.39, 0.29) is 0 Å². The van der Waals surface area contributed by atoms with Crippen molar-refractivity contribution in [3.05, 3.63) is 28.7 Å². The molecule has 0 aliphatic heterocycles. The van der Waals surface area contributed by atoms with Crippen LogP contribution >= 0.6 is 15.9 Å². The molecule has 1 aliphatic rings. The molecule has 1 saturated carbocycles. The van der Waals surface area contributed by atoms with E-state index in [0.717, 1.165) is 16.6 Å². The molecule has 0 bridgehead atoms. The van der Waals surface area contributed by atoms with Crippen molar-refractivity contribution < 1.29 is 0 Å². The van der Waals surface area contributed by atoms with Gasteiger partial charge in [-0.05, 0) is 40.9 Å². The molecule has 0 saturated heterocycles. The normalized spacial score (nSPS) is 26.3. The van der Waals surface area contributed by atoms with Gasteiger partial charge < -0.3 is 11.1 Å². The Morgan fingerprint density at radius 1 is 1.20 bits per heavy atom. The van der Waals surface area contributed by atoms with Gasteiger partial charge in [-0.3, -0.25) is 0 Å². The second kappa shape index (κ2) is 4.99. The Balaban J connectivity index is 2.04. The number of anilines is 1. The minimum absolute atomic E-state index is 0.297. The number of hydrogen-bond acceptors (Lipinski definition) is 2. The molecule has 0 aromatic heterocycles. The molecular weight excluding hydrogens is 252 g/mol. The van der Waals surface area contributed by atoms with Crippen molar-refractivity contribution in [3.63, 3.8) is 0 Å². The van der Waals surface area contributed by atoms with Crippen molar-refractivity contribution in [3.8, 4) is 0 Å². The van der Waals surface area contributed by atoms with Gasteiger partial charge in [0.15, 0.2) is 0 Å². The van der Waals surface area contributed by atoms with Crippen molar-refractivity contribution in [1.82, 2.24) is 0 Å². The first-order chi connectivity index (χ1) is 7.27. The van der Waals surface area contributed by atoms with Gasteiger partial charge in [0.05, 0.1) is 0 Å². The van der Waals surface area contributed by atoms with Crippen LogP contribution in [0.3, 0.4) is 0 Å². The van der Waals surface area contributed by atoms with Crippen LogP contribution in [-0.4, -0.2) is 12.1 Å². The summed E-state index contributed by atoms with van der Waals surface area (Å²) in [6.07, 6.45) is 4.88. The third kappa shape index (κ3) is 2.73. The van der Waals surface area contributed by atoms with Gasteiger partial charge in [0, 0.05) is 22.2 Å². The molecule has 15 heavy (non-hydrogen) atoms. The molecule has 1 aromatic carbocycles. The fourth-order valence-electron chi connectivity index (χ4n) is 2.12. The molecule has 0 spiro atoms. The quantitative estimate of drug-likeness (QED) is 0.865. The molecule has 2 nitrogen and oxygen atoms in total. The van der Waals surface area contributed by atoms with E-state index in [0.29, 0.717) is 12.1 Å². The van der Waals surface area contributed by atoms with Gasteiger partial charge in [-0.1, -0.05) is 25.0 Å². The maximum atomic E-state index is 6.10. The molecular formula is C12H17BrN2. The molecule has 3 heteroatoms. The molecule has 1 fully saturated rings. The Morgan fingerprint density at radius 2 is 1.93 bits per heavy atom. The van der Waals surface area contributed by atoms with E-state index < -0.39 is 0 Å². The van der Waals surface area contributed by atoms with E-state index in [2.05, 4.69) is 33.4 Å². The SMILES string of the molecule is N[C@@H]1CCCC[C@@H]1Nc1ccccc1Br. The van der Waals surface area contributed by atoms with Gasteiger partial charge in [-0.25, -0.2) is 0 Å². The van der Waals surface area contributed by atoms with Crippen LogP contribution in [0.4, 0.5) is 5.69 Å². The molecule has 2 rings (SSSR count). The van der Waals surface area contributed by atoms with Crippen LogP contribution in [0.15, 0.2) is 28.7 Å². The Kier molecular flexibility index (Phi) is 3.65. The fraction of sp³-hybridized carbons (Fsp3) is 0.500. The summed E-state index contributed by atoms with van der Waals surface area (Å²) in [4.78, 5) is 0. The highest BCUT2D eigenvalue weighted by atomic mass is 79.9. The lowest BCUT2D eigenvalue weighted by atomic mass is 9.91. The largest absolute Gasteiger partial charge is 0.380 e. The second-order valence-corrected chi connectivity index (χ2v) is 5.03. The summed E-state index contributed by atoms with van der Waals surface area (Å²) >= 11 is 3.54. The lowest BCUT2D eigenvalue weighted by Crippen LogP contribution is -2.42. The molecule has 1 aliphatic carbocycles. The number of rotatable bonds is 2. The minimum atomic E-state index is 0.297. The van der Waals surface area contributed by atoms with Crippen molar-refractivity contribution in [2.24, 2.45) is 5.73 Å². The molecule has 2 atom stereocenters. The maximum Gasteiger partial charge on any atom is 0.0487 e. The van der Waals surface area contributed by atoms with Gasteiger partial charge in [0.25, 0.3) is 0 Å². The standard InChI is InChI=1S/C12H17BrN2/c13-9-5-1-3-7-11(9)15-12-8-4-2-6-10(12)14/h1,3,5,7,10,12,15H,2,4,6,8,14H2/t10-,12+/m1/s1. The van der Waals surface area contributed by atoms with Crippen molar-refractivity contribution in [1.29, 1.82) is 0 Å². The summed E-state index contributed by atoms with van der Waals surface area (Å²) in [6.45, 7) is 0. The fourth-order valence-corrected chi connectivity index (χ4v) is 2.52. The van der Waals surface area contributed by atoms with Gasteiger partial charge in [0.2, 0.25) is 0 Å². The zero-order valence-electron chi connectivity index (χ0n) is 8.75. The van der Waals surface area contributed by atoms with Crippen LogP contribution in [0, 0.1) is 0 Å². The highest BCUT2D eigenvalue weighted by molar-refractivity contribution is 9.10. The van der Waals surface area contributed by atoms with Crippen LogP contribution in [0.5, 0.6) is 0 Å². The smallest absolute Gasteiger partial charge is 0.0487 e. The van der Waals surface area contributed by atoms with Crippen LogP contribution in [0.1, 0.15) is 25.7 Å². The zero-order valence-corrected chi connectivity index (χ0v) is 10.3. The van der Waals surface area contributed by atoms with Gasteiger partial charge in [0.1, 0.15) is 0 Å². The average molecular weight is 269 g/mol. The van der Waals surface area contributed by atoms with Crippen LogP contribution in [0.2, 0.25) is 0 Å². The Hall–Kier alpha value is -0.540. The number of nitrogens with two attached hydrogens (primary N) is 1. The lowest BCUT2D eigenvalue weighted by Gasteiger charge is -2.30. The van der Waals surface area contributed by atoms with Crippen LogP contribution in [-0.2, 0) is 0 Å². The van der Waals surface area contributed by atoms with Crippen molar-refractivity contribution in [2.45, 2.75) is 37.8 Å². The summed E-state index contributed by atoms with van der Waals surface area (Å²) in [5.41, 5.74) is 7.25. The number of halogens is 1. The van der Waals surface area contributed by atoms with Crippen LogP contribution < -0.4 is 11.1 Å². The molecule has 3 N–H and O–H groups in total. The predicted molar refractivity (Wildman–Crippen MR) is 68.0 cm³/mol. The van der Waals surface area contributed by atoms with Crippen molar-refractivity contribution >= 4 is 21.6 Å². The zero-order chi connectivity index (χ0) is 10.7. The number of nitrogens with one attached hydrogen (secondary N) is 1. The molecule has 0 amide bonds. The van der Waals surface area contributed by atoms with E-state index in [1.807, 2.05) is 12.1 Å². The van der Waals surface area contributed by atoms with E-state index in [1.165, 1.54) is 19.3 Å². The second-order valence-electron chi connectivity index (χ2n) is 4.18. The number of para-hydroxylation sites is 1. The number of benzene rings is 1. The van der Waals surface area contributed by atoms with E-state index in [9.17, 15) is 0 Å². The summed E-state index contributed by atoms with van der Waals surface area (Å²) in [7, 11) is 0. The van der Waals surface area contributed by atoms with Crippen molar-refractivity contribution in [2.75, 3.05) is 5.32 Å². The highest BCUT2D eigenvalue weighted by Crippen LogP contribution is 2.26. The minimum Gasteiger partial charge on any atom is -0.380 e. The monoisotopic (exact) mass is 268 g/mol. The first kappa shape index (κ1) is 11.0. The molecule has 0 unspecified atom stereocenters. The topological polar surface area (TPSA) is 38.0 Å². The third-order valence-electron chi connectivity index (χ3n) is 3.03. The van der Waals surface area contributed by atoms with E-state index in [1.54, 1.807) is 0 Å². The maximum absolute atomic E-state index is 6.10. The summed E-state index contributed by atoms with van der Waals surface area (Å²) in [5.74, 6) is 0.